The fourth-order valence-electron chi connectivity index (χ4n) is 2.21. The number of morpholine rings is 1. The smallest absolute Gasteiger partial charge is 0.322 e. The Balaban J connectivity index is 2.04. The lowest BCUT2D eigenvalue weighted by molar-refractivity contribution is -0.139. The summed E-state index contributed by atoms with van der Waals surface area (Å²) in [5.41, 5.74) is 1.75. The summed E-state index contributed by atoms with van der Waals surface area (Å²) in [5.74, 6) is -0.936. The van der Waals surface area contributed by atoms with E-state index in [1.54, 1.807) is 6.07 Å². The number of aliphatic carboxylic acids is 1. The van der Waals surface area contributed by atoms with E-state index in [4.69, 9.17) is 9.84 Å². The third-order valence-electron chi connectivity index (χ3n) is 3.17. The van der Waals surface area contributed by atoms with E-state index in [0.29, 0.717) is 18.8 Å². The first-order chi connectivity index (χ1) is 9.56. The van der Waals surface area contributed by atoms with Gasteiger partial charge < -0.3 is 20.1 Å². The minimum atomic E-state index is -0.936. The topological polar surface area (TPSA) is 78.9 Å². The van der Waals surface area contributed by atoms with Crippen molar-refractivity contribution in [3.8, 4) is 0 Å². The maximum absolute atomic E-state index is 12.2. The highest BCUT2D eigenvalue weighted by Gasteiger charge is 2.29. The van der Waals surface area contributed by atoms with Crippen molar-refractivity contribution in [2.45, 2.75) is 19.4 Å². The number of carboxylic acid groups (broad SMARTS) is 1. The van der Waals surface area contributed by atoms with E-state index in [0.717, 1.165) is 5.56 Å². The summed E-state index contributed by atoms with van der Waals surface area (Å²) in [6, 6.07) is 6.76. The first-order valence-corrected chi connectivity index (χ1v) is 6.50. The molecule has 1 aliphatic heterocycles. The Kier molecular flexibility index (Phi) is 4.57. The molecule has 1 atom stereocenters. The number of carbonyl (C=O) groups is 2. The molecule has 1 aromatic carbocycles. The number of amides is 2. The van der Waals surface area contributed by atoms with Crippen molar-refractivity contribution in [3.63, 3.8) is 0 Å². The largest absolute Gasteiger partial charge is 0.481 e. The number of benzene rings is 1. The van der Waals surface area contributed by atoms with Crippen LogP contribution in [-0.2, 0) is 9.53 Å². The van der Waals surface area contributed by atoms with Crippen LogP contribution >= 0.6 is 0 Å². The summed E-state index contributed by atoms with van der Waals surface area (Å²) >= 11 is 0. The lowest BCUT2D eigenvalue weighted by atomic mass is 10.1. The van der Waals surface area contributed by atoms with Gasteiger partial charge in [-0.1, -0.05) is 12.1 Å². The van der Waals surface area contributed by atoms with E-state index < -0.39 is 12.0 Å². The number of urea groups is 1. The van der Waals surface area contributed by atoms with E-state index in [2.05, 4.69) is 5.32 Å². The van der Waals surface area contributed by atoms with Crippen LogP contribution in [0.4, 0.5) is 10.5 Å². The molecule has 1 heterocycles. The average Bonchev–Trinajstić information content (AvgIpc) is 2.38. The molecular formula is C14H18N2O4. The second kappa shape index (κ2) is 6.38. The van der Waals surface area contributed by atoms with Crippen molar-refractivity contribution < 1.29 is 19.4 Å². The van der Waals surface area contributed by atoms with Crippen molar-refractivity contribution in [1.82, 2.24) is 4.90 Å². The van der Waals surface area contributed by atoms with Crippen LogP contribution in [0.2, 0.25) is 0 Å². The quantitative estimate of drug-likeness (QED) is 0.882. The Bertz CT molecular complexity index is 504. The van der Waals surface area contributed by atoms with Crippen LogP contribution in [-0.4, -0.2) is 47.8 Å². The zero-order chi connectivity index (χ0) is 14.5. The molecule has 6 nitrogen and oxygen atoms in total. The van der Waals surface area contributed by atoms with Crippen molar-refractivity contribution in [3.05, 3.63) is 29.8 Å². The van der Waals surface area contributed by atoms with Crippen molar-refractivity contribution >= 4 is 17.7 Å². The molecule has 20 heavy (non-hydrogen) atoms. The lowest BCUT2D eigenvalue weighted by Gasteiger charge is -2.34. The van der Waals surface area contributed by atoms with Crippen LogP contribution in [0.3, 0.4) is 0 Å². The Hall–Kier alpha value is -2.08. The molecule has 108 valence electrons. The maximum atomic E-state index is 12.2. The zero-order valence-electron chi connectivity index (χ0n) is 11.3. The predicted octanol–water partition coefficient (Wildman–Crippen LogP) is 1.70. The number of carboxylic acids is 1. The van der Waals surface area contributed by atoms with Gasteiger partial charge in [0.15, 0.2) is 0 Å². The first kappa shape index (κ1) is 14.3. The van der Waals surface area contributed by atoms with Gasteiger partial charge in [-0.25, -0.2) is 4.79 Å². The van der Waals surface area contributed by atoms with Crippen LogP contribution in [0.25, 0.3) is 0 Å². The number of carbonyl (C=O) groups excluding carboxylic acids is 1. The molecule has 0 aliphatic carbocycles. The highest BCUT2D eigenvalue weighted by atomic mass is 16.5. The van der Waals surface area contributed by atoms with E-state index in [9.17, 15) is 9.59 Å². The molecule has 0 bridgehead atoms. The number of aryl methyl sites for hydroxylation is 1. The third-order valence-corrected chi connectivity index (χ3v) is 3.17. The molecule has 0 radical (unpaired) electrons. The summed E-state index contributed by atoms with van der Waals surface area (Å²) in [6.45, 7) is 3.03. The number of nitrogens with zero attached hydrogens (tertiary/aromatic N) is 1. The SMILES string of the molecule is Cc1cccc(NC(=O)N2CCOCC2CC(=O)O)c1. The molecule has 1 unspecified atom stereocenters. The van der Waals surface area contributed by atoms with Crippen LogP contribution in [0.1, 0.15) is 12.0 Å². The molecule has 0 saturated carbocycles. The van der Waals surface area contributed by atoms with E-state index in [-0.39, 0.29) is 19.1 Å². The van der Waals surface area contributed by atoms with Gasteiger partial charge in [0.25, 0.3) is 0 Å². The van der Waals surface area contributed by atoms with Crippen molar-refractivity contribution in [2.75, 3.05) is 25.1 Å². The average molecular weight is 278 g/mol. The molecule has 1 aromatic rings. The number of anilines is 1. The molecule has 0 spiro atoms. The molecule has 2 amide bonds. The monoisotopic (exact) mass is 278 g/mol. The van der Waals surface area contributed by atoms with Gasteiger partial charge in [-0.05, 0) is 24.6 Å². The van der Waals surface area contributed by atoms with Gasteiger partial charge in [0.05, 0.1) is 25.7 Å². The number of hydrogen-bond acceptors (Lipinski definition) is 3. The maximum Gasteiger partial charge on any atom is 0.322 e. The third kappa shape index (κ3) is 3.71. The molecule has 0 aromatic heterocycles. The number of nitrogens with one attached hydrogen (secondary N) is 1. The summed E-state index contributed by atoms with van der Waals surface area (Å²) in [5, 5.41) is 11.7. The van der Waals surface area contributed by atoms with Gasteiger partial charge in [-0.15, -0.1) is 0 Å². The van der Waals surface area contributed by atoms with Crippen LogP contribution in [0.15, 0.2) is 24.3 Å². The van der Waals surface area contributed by atoms with E-state index >= 15 is 0 Å². The van der Waals surface area contributed by atoms with Gasteiger partial charge in [0, 0.05) is 12.2 Å². The van der Waals surface area contributed by atoms with Gasteiger partial charge in [0.1, 0.15) is 0 Å². The second-order valence-corrected chi connectivity index (χ2v) is 4.82. The van der Waals surface area contributed by atoms with E-state index in [1.807, 2.05) is 25.1 Å². The molecule has 1 aliphatic rings. The Morgan fingerprint density at radius 3 is 3.00 bits per heavy atom. The van der Waals surface area contributed by atoms with Gasteiger partial charge >= 0.3 is 12.0 Å². The van der Waals surface area contributed by atoms with Crippen LogP contribution in [0.5, 0.6) is 0 Å². The van der Waals surface area contributed by atoms with Crippen LogP contribution < -0.4 is 5.32 Å². The first-order valence-electron chi connectivity index (χ1n) is 6.50. The van der Waals surface area contributed by atoms with Crippen molar-refractivity contribution in [1.29, 1.82) is 0 Å². The second-order valence-electron chi connectivity index (χ2n) is 4.82. The highest BCUT2D eigenvalue weighted by Crippen LogP contribution is 2.15. The fraction of sp³-hybridized carbons (Fsp3) is 0.429. The molecule has 2 rings (SSSR count). The van der Waals surface area contributed by atoms with Gasteiger partial charge in [-0.2, -0.15) is 0 Å². The molecule has 2 N–H and O–H groups in total. The zero-order valence-corrected chi connectivity index (χ0v) is 11.3. The van der Waals surface area contributed by atoms with Gasteiger partial charge in [-0.3, -0.25) is 4.79 Å². The molecular weight excluding hydrogens is 260 g/mol. The lowest BCUT2D eigenvalue weighted by Crippen LogP contribution is -2.51. The number of ether oxygens (including phenoxy) is 1. The van der Waals surface area contributed by atoms with Gasteiger partial charge in [0.2, 0.25) is 0 Å². The van der Waals surface area contributed by atoms with E-state index in [1.165, 1.54) is 4.90 Å². The molecule has 1 saturated heterocycles. The molecule has 1 fully saturated rings. The molecule has 6 heteroatoms. The fourth-order valence-corrected chi connectivity index (χ4v) is 2.21. The Morgan fingerprint density at radius 1 is 1.50 bits per heavy atom. The summed E-state index contributed by atoms with van der Waals surface area (Å²) in [4.78, 5) is 24.6. The van der Waals surface area contributed by atoms with Crippen molar-refractivity contribution in [2.24, 2.45) is 0 Å². The summed E-state index contributed by atoms with van der Waals surface area (Å²) < 4.78 is 5.25. The predicted molar refractivity (Wildman–Crippen MR) is 73.8 cm³/mol. The highest BCUT2D eigenvalue weighted by molar-refractivity contribution is 5.90. The minimum absolute atomic E-state index is 0.110. The summed E-state index contributed by atoms with van der Waals surface area (Å²) in [6.07, 6.45) is -0.110. The number of rotatable bonds is 3. The standard InChI is InChI=1S/C14H18N2O4/c1-10-3-2-4-11(7-10)15-14(19)16-5-6-20-9-12(16)8-13(17)18/h2-4,7,12H,5-6,8-9H2,1H3,(H,15,19)(H,17,18). The minimum Gasteiger partial charge on any atom is -0.481 e. The normalized spacial score (nSPS) is 18.6. The Morgan fingerprint density at radius 2 is 2.30 bits per heavy atom. The number of hydrogen-bond donors (Lipinski definition) is 2. The summed E-state index contributed by atoms with van der Waals surface area (Å²) in [7, 11) is 0. The van der Waals surface area contributed by atoms with Crippen LogP contribution in [0, 0.1) is 6.92 Å². The Labute approximate surface area is 117 Å².